The van der Waals surface area contributed by atoms with E-state index in [9.17, 15) is 9.59 Å². The van der Waals surface area contributed by atoms with Crippen LogP contribution in [0.4, 0.5) is 11.4 Å². The summed E-state index contributed by atoms with van der Waals surface area (Å²) in [6, 6.07) is 24.3. The lowest BCUT2D eigenvalue weighted by molar-refractivity contribution is -0.115. The van der Waals surface area contributed by atoms with Crippen molar-refractivity contribution >= 4 is 23.2 Å². The Hall–Kier alpha value is -3.44. The quantitative estimate of drug-likeness (QED) is 0.558. The molecule has 1 atom stereocenters. The van der Waals surface area contributed by atoms with Gasteiger partial charge in [0.05, 0.1) is 17.8 Å². The summed E-state index contributed by atoms with van der Waals surface area (Å²) in [5, 5.41) is 8.92. The number of para-hydroxylation sites is 2. The van der Waals surface area contributed by atoms with Crippen LogP contribution < -0.4 is 16.0 Å². The van der Waals surface area contributed by atoms with Crippen LogP contribution in [-0.2, 0) is 4.79 Å². The lowest BCUT2D eigenvalue weighted by Gasteiger charge is -2.17. The Morgan fingerprint density at radius 1 is 0.828 bits per heavy atom. The first-order valence-electron chi connectivity index (χ1n) is 9.59. The molecule has 0 saturated heterocycles. The van der Waals surface area contributed by atoms with E-state index in [2.05, 4.69) is 28.9 Å². The first kappa shape index (κ1) is 20.3. The molecule has 0 aliphatic rings. The molecule has 5 heteroatoms. The van der Waals surface area contributed by atoms with Crippen molar-refractivity contribution in [1.29, 1.82) is 0 Å². The molecule has 2 amide bonds. The molecule has 0 radical (unpaired) electrons. The van der Waals surface area contributed by atoms with Gasteiger partial charge >= 0.3 is 0 Å². The molecule has 3 aromatic carbocycles. The maximum atomic E-state index is 12.6. The van der Waals surface area contributed by atoms with Crippen molar-refractivity contribution in [3.63, 3.8) is 0 Å². The number of carbonyl (C=O) groups excluding carboxylic acids is 2. The van der Waals surface area contributed by atoms with Crippen LogP contribution in [0, 0.1) is 6.92 Å². The Bertz CT molecular complexity index is 986. The second-order valence-electron chi connectivity index (χ2n) is 6.87. The largest absolute Gasteiger partial charge is 0.324 e. The maximum Gasteiger partial charge on any atom is 0.257 e. The fourth-order valence-electron chi connectivity index (χ4n) is 3.13. The van der Waals surface area contributed by atoms with E-state index in [1.54, 1.807) is 24.3 Å². The van der Waals surface area contributed by atoms with Gasteiger partial charge in [0.15, 0.2) is 0 Å². The van der Waals surface area contributed by atoms with Crippen LogP contribution in [0.1, 0.15) is 34.5 Å². The summed E-state index contributed by atoms with van der Waals surface area (Å²) < 4.78 is 0. The number of aryl methyl sites for hydroxylation is 1. The van der Waals surface area contributed by atoms with E-state index in [-0.39, 0.29) is 24.4 Å². The average molecular weight is 387 g/mol. The number of benzene rings is 3. The number of carbonyl (C=O) groups is 2. The third kappa shape index (κ3) is 5.53. The van der Waals surface area contributed by atoms with E-state index in [4.69, 9.17) is 0 Å². The van der Waals surface area contributed by atoms with Crippen LogP contribution in [0.3, 0.4) is 0 Å². The summed E-state index contributed by atoms with van der Waals surface area (Å²) in [4.78, 5) is 25.1. The second kappa shape index (κ2) is 9.66. The minimum atomic E-state index is -0.270. The zero-order chi connectivity index (χ0) is 20.6. The predicted octanol–water partition coefficient (Wildman–Crippen LogP) is 4.54. The normalized spacial score (nSPS) is 11.5. The van der Waals surface area contributed by atoms with Crippen molar-refractivity contribution in [3.8, 4) is 0 Å². The molecule has 0 fully saturated rings. The number of anilines is 2. The van der Waals surface area contributed by atoms with Crippen LogP contribution in [-0.4, -0.2) is 18.4 Å². The molecule has 0 aromatic heterocycles. The van der Waals surface area contributed by atoms with Crippen molar-refractivity contribution < 1.29 is 9.59 Å². The summed E-state index contributed by atoms with van der Waals surface area (Å²) in [5.74, 6) is -0.473. The molecule has 0 unspecified atom stereocenters. The highest BCUT2D eigenvalue weighted by Gasteiger charge is 2.14. The Labute approximate surface area is 171 Å². The van der Waals surface area contributed by atoms with E-state index in [0.717, 1.165) is 5.56 Å². The summed E-state index contributed by atoms with van der Waals surface area (Å²) in [7, 11) is 0. The molecule has 0 aliphatic heterocycles. The highest BCUT2D eigenvalue weighted by Crippen LogP contribution is 2.18. The van der Waals surface area contributed by atoms with Crippen LogP contribution in [0.5, 0.6) is 0 Å². The molecule has 3 aromatic rings. The van der Waals surface area contributed by atoms with Gasteiger partial charge in [-0.05, 0) is 49.2 Å². The minimum Gasteiger partial charge on any atom is -0.324 e. The third-order valence-corrected chi connectivity index (χ3v) is 4.70. The molecule has 0 bridgehead atoms. The summed E-state index contributed by atoms with van der Waals surface area (Å²) in [6.45, 7) is 4.22. The Morgan fingerprint density at radius 3 is 2.24 bits per heavy atom. The number of hydrogen-bond acceptors (Lipinski definition) is 3. The summed E-state index contributed by atoms with van der Waals surface area (Å²) in [5.41, 5.74) is 3.93. The number of hydrogen-bond donors (Lipinski definition) is 3. The first-order valence-corrected chi connectivity index (χ1v) is 9.59. The minimum absolute atomic E-state index is 0.0403. The molecule has 5 nitrogen and oxygen atoms in total. The summed E-state index contributed by atoms with van der Waals surface area (Å²) in [6.07, 6.45) is 0. The second-order valence-corrected chi connectivity index (χ2v) is 6.87. The van der Waals surface area contributed by atoms with E-state index in [1.165, 1.54) is 5.56 Å². The van der Waals surface area contributed by atoms with Crippen molar-refractivity contribution in [2.24, 2.45) is 0 Å². The van der Waals surface area contributed by atoms with Gasteiger partial charge in [-0.15, -0.1) is 0 Å². The zero-order valence-corrected chi connectivity index (χ0v) is 16.6. The molecule has 3 N–H and O–H groups in total. The standard InChI is InChI=1S/C24H25N3O2/c1-17-10-6-7-13-20(17)18(2)25-16-23(28)27-22-15-9-8-14-21(22)24(29)26-19-11-4-3-5-12-19/h3-15,18,25H,16H2,1-2H3,(H,26,29)(H,27,28)/t18-/m0/s1. The van der Waals surface area contributed by atoms with Crippen LogP contribution in [0.2, 0.25) is 0 Å². The van der Waals surface area contributed by atoms with Crippen molar-refractivity contribution in [1.82, 2.24) is 5.32 Å². The SMILES string of the molecule is Cc1ccccc1[C@H](C)NCC(=O)Nc1ccccc1C(=O)Nc1ccccc1. The van der Waals surface area contributed by atoms with Crippen LogP contribution in [0.15, 0.2) is 78.9 Å². The van der Waals surface area contributed by atoms with Gasteiger partial charge in [0, 0.05) is 11.7 Å². The van der Waals surface area contributed by atoms with Crippen molar-refractivity contribution in [3.05, 3.63) is 95.6 Å². The van der Waals surface area contributed by atoms with Crippen LogP contribution in [0.25, 0.3) is 0 Å². The van der Waals surface area contributed by atoms with E-state index < -0.39 is 0 Å². The van der Waals surface area contributed by atoms with Crippen molar-refractivity contribution in [2.45, 2.75) is 19.9 Å². The maximum absolute atomic E-state index is 12.6. The molecule has 0 spiro atoms. The van der Waals surface area contributed by atoms with Crippen molar-refractivity contribution in [2.75, 3.05) is 17.2 Å². The van der Waals surface area contributed by atoms with Gasteiger partial charge < -0.3 is 16.0 Å². The predicted molar refractivity (Wildman–Crippen MR) is 117 cm³/mol. The van der Waals surface area contributed by atoms with Gasteiger partial charge in [-0.2, -0.15) is 0 Å². The average Bonchev–Trinajstić information content (AvgIpc) is 2.73. The molecule has 0 aliphatic carbocycles. The molecular weight excluding hydrogens is 362 g/mol. The first-order chi connectivity index (χ1) is 14.0. The molecule has 3 rings (SSSR count). The van der Waals surface area contributed by atoms with Crippen LogP contribution >= 0.6 is 0 Å². The monoisotopic (exact) mass is 387 g/mol. The number of amides is 2. The smallest absolute Gasteiger partial charge is 0.257 e. The van der Waals surface area contributed by atoms with Gasteiger partial charge in [-0.1, -0.05) is 54.6 Å². The van der Waals surface area contributed by atoms with Gasteiger partial charge in [-0.3, -0.25) is 9.59 Å². The number of nitrogens with one attached hydrogen (secondary N) is 3. The fraction of sp³-hybridized carbons (Fsp3) is 0.167. The molecule has 29 heavy (non-hydrogen) atoms. The lowest BCUT2D eigenvalue weighted by atomic mass is 10.0. The molecule has 148 valence electrons. The van der Waals surface area contributed by atoms with E-state index in [0.29, 0.717) is 16.9 Å². The Morgan fingerprint density at radius 2 is 1.48 bits per heavy atom. The topological polar surface area (TPSA) is 70.2 Å². The highest BCUT2D eigenvalue weighted by molar-refractivity contribution is 6.10. The lowest BCUT2D eigenvalue weighted by Crippen LogP contribution is -2.31. The Kier molecular flexibility index (Phi) is 6.76. The van der Waals surface area contributed by atoms with Gasteiger partial charge in [0.25, 0.3) is 5.91 Å². The molecular formula is C24H25N3O2. The van der Waals surface area contributed by atoms with E-state index >= 15 is 0 Å². The van der Waals surface area contributed by atoms with Gasteiger partial charge in [-0.25, -0.2) is 0 Å². The fourth-order valence-corrected chi connectivity index (χ4v) is 3.13. The van der Waals surface area contributed by atoms with Gasteiger partial charge in [0.2, 0.25) is 5.91 Å². The highest BCUT2D eigenvalue weighted by atomic mass is 16.2. The zero-order valence-electron chi connectivity index (χ0n) is 16.6. The molecule has 0 heterocycles. The Balaban J connectivity index is 1.62. The van der Waals surface area contributed by atoms with Gasteiger partial charge in [0.1, 0.15) is 0 Å². The van der Waals surface area contributed by atoms with E-state index in [1.807, 2.05) is 55.5 Å². The molecule has 0 saturated carbocycles. The third-order valence-electron chi connectivity index (χ3n) is 4.70. The summed E-state index contributed by atoms with van der Waals surface area (Å²) >= 11 is 0. The number of rotatable bonds is 7.